The molecule has 6 heteroatoms. The van der Waals surface area contributed by atoms with Crippen LogP contribution >= 0.6 is 0 Å². The van der Waals surface area contributed by atoms with Gasteiger partial charge in [-0.25, -0.2) is 9.37 Å². The van der Waals surface area contributed by atoms with Gasteiger partial charge >= 0.3 is 0 Å². The third-order valence-electron chi connectivity index (χ3n) is 5.02. The van der Waals surface area contributed by atoms with Crippen LogP contribution in [0.4, 0.5) is 15.8 Å². The van der Waals surface area contributed by atoms with E-state index >= 15 is 0 Å². The molecule has 0 fully saturated rings. The third kappa shape index (κ3) is 4.27. The van der Waals surface area contributed by atoms with E-state index in [0.29, 0.717) is 24.3 Å². The molecule has 0 unspecified atom stereocenters. The molecule has 4 rings (SSSR count). The molecule has 0 aliphatic carbocycles. The van der Waals surface area contributed by atoms with E-state index in [1.54, 1.807) is 19.5 Å². The van der Waals surface area contributed by atoms with E-state index in [0.717, 1.165) is 28.3 Å². The van der Waals surface area contributed by atoms with Crippen molar-refractivity contribution in [2.24, 2.45) is 0 Å². The molecule has 1 heterocycles. The van der Waals surface area contributed by atoms with Crippen molar-refractivity contribution < 1.29 is 9.13 Å². The molecule has 3 aromatic carbocycles. The fourth-order valence-electron chi connectivity index (χ4n) is 3.33. The molecule has 0 bridgehead atoms. The molecule has 1 aromatic heterocycles. The summed E-state index contributed by atoms with van der Waals surface area (Å²) in [4.78, 5) is 4.27. The second-order valence-corrected chi connectivity index (χ2v) is 6.99. The Labute approximate surface area is 175 Å². The molecule has 4 aromatic rings. The first-order valence-electron chi connectivity index (χ1n) is 9.64. The number of benzene rings is 3. The van der Waals surface area contributed by atoms with Crippen molar-refractivity contribution in [2.75, 3.05) is 18.2 Å². The van der Waals surface area contributed by atoms with Crippen molar-refractivity contribution in [1.29, 1.82) is 0 Å². The SMILES string of the molecule is COc1ccc(Cn2cncc2CNc2ccc(F)c(-c3ccccc3)c2)c(N)c1. The Hall–Kier alpha value is -3.80. The zero-order chi connectivity index (χ0) is 20.9. The standard InChI is InChI=1S/C24H23FN4O/c1-30-21-9-7-18(24(26)12-21)15-29-16-27-13-20(29)14-28-19-8-10-23(25)22(11-19)17-5-3-2-4-6-17/h2-13,16,28H,14-15,26H2,1H3. The summed E-state index contributed by atoms with van der Waals surface area (Å²) in [5.41, 5.74) is 11.1. The van der Waals surface area contributed by atoms with Gasteiger partial charge in [0.1, 0.15) is 11.6 Å². The molecular weight excluding hydrogens is 379 g/mol. The van der Waals surface area contributed by atoms with E-state index in [-0.39, 0.29) is 5.82 Å². The Morgan fingerprint density at radius 2 is 1.90 bits per heavy atom. The monoisotopic (exact) mass is 402 g/mol. The maximum absolute atomic E-state index is 14.3. The van der Waals surface area contributed by atoms with Gasteiger partial charge in [0.2, 0.25) is 0 Å². The summed E-state index contributed by atoms with van der Waals surface area (Å²) < 4.78 is 21.5. The van der Waals surface area contributed by atoms with Crippen molar-refractivity contribution in [3.63, 3.8) is 0 Å². The molecule has 0 radical (unpaired) electrons. The minimum Gasteiger partial charge on any atom is -0.497 e. The minimum absolute atomic E-state index is 0.244. The van der Waals surface area contributed by atoms with Crippen LogP contribution < -0.4 is 15.8 Å². The van der Waals surface area contributed by atoms with Crippen LogP contribution in [0.3, 0.4) is 0 Å². The van der Waals surface area contributed by atoms with Crippen molar-refractivity contribution in [3.8, 4) is 16.9 Å². The van der Waals surface area contributed by atoms with Crippen LogP contribution in [0.25, 0.3) is 11.1 Å². The lowest BCUT2D eigenvalue weighted by Gasteiger charge is -2.13. The maximum atomic E-state index is 14.3. The average Bonchev–Trinajstić information content (AvgIpc) is 3.22. The summed E-state index contributed by atoms with van der Waals surface area (Å²) in [6, 6.07) is 20.2. The topological polar surface area (TPSA) is 65.1 Å². The highest BCUT2D eigenvalue weighted by molar-refractivity contribution is 5.68. The number of halogens is 1. The van der Waals surface area contributed by atoms with Gasteiger partial charge in [0.25, 0.3) is 0 Å². The lowest BCUT2D eigenvalue weighted by Crippen LogP contribution is -2.09. The molecule has 0 saturated heterocycles. The molecular formula is C24H23FN4O. The van der Waals surface area contributed by atoms with Gasteiger partial charge < -0.3 is 20.4 Å². The minimum atomic E-state index is -0.244. The quantitative estimate of drug-likeness (QED) is 0.430. The van der Waals surface area contributed by atoms with E-state index in [1.165, 1.54) is 6.07 Å². The lowest BCUT2D eigenvalue weighted by molar-refractivity contribution is 0.415. The molecule has 0 saturated carbocycles. The van der Waals surface area contributed by atoms with Crippen LogP contribution in [0.15, 0.2) is 79.3 Å². The van der Waals surface area contributed by atoms with E-state index < -0.39 is 0 Å². The number of ether oxygens (including phenoxy) is 1. The number of hydrogen-bond acceptors (Lipinski definition) is 4. The van der Waals surface area contributed by atoms with Crippen molar-refractivity contribution in [3.05, 3.63) is 96.3 Å². The fraction of sp³-hybridized carbons (Fsp3) is 0.125. The van der Waals surface area contributed by atoms with E-state index in [9.17, 15) is 4.39 Å². The van der Waals surface area contributed by atoms with Gasteiger partial charge in [-0.3, -0.25) is 0 Å². The largest absolute Gasteiger partial charge is 0.497 e. The van der Waals surface area contributed by atoms with E-state index in [2.05, 4.69) is 10.3 Å². The van der Waals surface area contributed by atoms with Crippen molar-refractivity contribution in [1.82, 2.24) is 9.55 Å². The van der Waals surface area contributed by atoms with Crippen LogP contribution in [0, 0.1) is 5.82 Å². The number of nitrogens with two attached hydrogens (primary N) is 1. The summed E-state index contributed by atoms with van der Waals surface area (Å²) in [7, 11) is 1.62. The van der Waals surface area contributed by atoms with Gasteiger partial charge in [0.15, 0.2) is 0 Å². The zero-order valence-corrected chi connectivity index (χ0v) is 16.7. The molecule has 152 valence electrons. The van der Waals surface area contributed by atoms with Crippen LogP contribution in [-0.4, -0.2) is 16.7 Å². The van der Waals surface area contributed by atoms with Crippen molar-refractivity contribution in [2.45, 2.75) is 13.1 Å². The zero-order valence-electron chi connectivity index (χ0n) is 16.7. The Morgan fingerprint density at radius 1 is 1.07 bits per heavy atom. The number of aromatic nitrogens is 2. The number of nitrogen functional groups attached to an aromatic ring is 1. The fourth-order valence-corrected chi connectivity index (χ4v) is 3.33. The molecule has 0 atom stereocenters. The Bertz CT molecular complexity index is 1140. The molecule has 3 N–H and O–H groups in total. The van der Waals surface area contributed by atoms with E-state index in [1.807, 2.05) is 65.4 Å². The maximum Gasteiger partial charge on any atom is 0.131 e. The molecule has 0 spiro atoms. The first-order chi connectivity index (χ1) is 14.6. The first-order valence-corrected chi connectivity index (χ1v) is 9.64. The third-order valence-corrected chi connectivity index (χ3v) is 5.02. The average molecular weight is 402 g/mol. The number of anilines is 2. The second kappa shape index (κ2) is 8.69. The summed E-state index contributed by atoms with van der Waals surface area (Å²) >= 11 is 0. The predicted octanol–water partition coefficient (Wildman–Crippen LogP) is 4.94. The van der Waals surface area contributed by atoms with Gasteiger partial charge in [-0.2, -0.15) is 0 Å². The molecule has 5 nitrogen and oxygen atoms in total. The Morgan fingerprint density at radius 3 is 2.67 bits per heavy atom. The number of rotatable bonds is 7. The molecule has 0 aliphatic heterocycles. The number of imidazole rings is 1. The summed E-state index contributed by atoms with van der Waals surface area (Å²) in [5.74, 6) is 0.487. The van der Waals surface area contributed by atoms with Crippen LogP contribution in [0.1, 0.15) is 11.3 Å². The number of methoxy groups -OCH3 is 1. The molecule has 0 amide bonds. The van der Waals surface area contributed by atoms with Gasteiger partial charge in [0.05, 0.1) is 32.2 Å². The highest BCUT2D eigenvalue weighted by Gasteiger charge is 2.09. The summed E-state index contributed by atoms with van der Waals surface area (Å²) in [6.07, 6.45) is 3.59. The highest BCUT2D eigenvalue weighted by atomic mass is 19.1. The second-order valence-electron chi connectivity index (χ2n) is 6.99. The van der Waals surface area contributed by atoms with E-state index in [4.69, 9.17) is 10.5 Å². The molecule has 30 heavy (non-hydrogen) atoms. The highest BCUT2D eigenvalue weighted by Crippen LogP contribution is 2.26. The lowest BCUT2D eigenvalue weighted by atomic mass is 10.0. The van der Waals surface area contributed by atoms with Crippen LogP contribution in [0.2, 0.25) is 0 Å². The van der Waals surface area contributed by atoms with Gasteiger partial charge in [0, 0.05) is 29.2 Å². The number of nitrogens with one attached hydrogen (secondary N) is 1. The first kappa shape index (κ1) is 19.5. The normalized spacial score (nSPS) is 10.7. The van der Waals surface area contributed by atoms with Gasteiger partial charge in [-0.15, -0.1) is 0 Å². The molecule has 0 aliphatic rings. The smallest absolute Gasteiger partial charge is 0.131 e. The van der Waals surface area contributed by atoms with Gasteiger partial charge in [-0.05, 0) is 35.4 Å². The van der Waals surface area contributed by atoms with Gasteiger partial charge in [-0.1, -0.05) is 36.4 Å². The Kier molecular flexibility index (Phi) is 5.66. The number of hydrogen-bond donors (Lipinski definition) is 2. The van der Waals surface area contributed by atoms with Crippen LogP contribution in [-0.2, 0) is 13.1 Å². The summed E-state index contributed by atoms with van der Waals surface area (Å²) in [6.45, 7) is 1.15. The Balaban J connectivity index is 1.49. The van der Waals surface area contributed by atoms with Crippen LogP contribution in [0.5, 0.6) is 5.75 Å². The number of nitrogens with zero attached hydrogens (tertiary/aromatic N) is 2. The predicted molar refractivity (Wildman–Crippen MR) is 118 cm³/mol. The summed E-state index contributed by atoms with van der Waals surface area (Å²) in [5, 5.41) is 3.36. The van der Waals surface area contributed by atoms with Crippen molar-refractivity contribution >= 4 is 11.4 Å².